The molecular formula is C35H50N6O6. The first kappa shape index (κ1) is 33.5. The molecule has 1 aliphatic carbocycles. The lowest BCUT2D eigenvalue weighted by Gasteiger charge is -2.40. The molecule has 6 rings (SSSR count). The molecule has 0 aromatic heterocycles. The van der Waals surface area contributed by atoms with E-state index in [1.54, 1.807) is 12.1 Å². The zero-order valence-corrected chi connectivity index (χ0v) is 28.2. The Bertz CT molecular complexity index is 1370. The van der Waals surface area contributed by atoms with Crippen LogP contribution in [0.5, 0.6) is 0 Å². The predicted octanol–water partition coefficient (Wildman–Crippen LogP) is 2.36. The minimum atomic E-state index is -0.840. The Morgan fingerprint density at radius 3 is 2.02 bits per heavy atom. The number of piperazine rings is 2. The number of anilines is 1. The van der Waals surface area contributed by atoms with Gasteiger partial charge in [0.25, 0.3) is 11.8 Å². The number of ketones is 2. The van der Waals surface area contributed by atoms with Crippen LogP contribution in [0.2, 0.25) is 0 Å². The molecule has 12 nitrogen and oxygen atoms in total. The quantitative estimate of drug-likeness (QED) is 0.322. The van der Waals surface area contributed by atoms with Crippen molar-refractivity contribution >= 4 is 35.2 Å². The molecule has 4 fully saturated rings. The second-order valence-electron chi connectivity index (χ2n) is 14.8. The normalized spacial score (nSPS) is 24.3. The van der Waals surface area contributed by atoms with Gasteiger partial charge in [-0.3, -0.25) is 33.9 Å². The molecule has 1 unspecified atom stereocenters. The van der Waals surface area contributed by atoms with E-state index in [1.165, 1.54) is 12.8 Å². The van der Waals surface area contributed by atoms with Crippen molar-refractivity contribution in [1.82, 2.24) is 24.5 Å². The molecule has 3 saturated heterocycles. The van der Waals surface area contributed by atoms with Gasteiger partial charge in [-0.2, -0.15) is 0 Å². The number of amides is 3. The summed E-state index contributed by atoms with van der Waals surface area (Å²) < 4.78 is 5.52. The van der Waals surface area contributed by atoms with Gasteiger partial charge in [-0.25, -0.2) is 4.79 Å². The lowest BCUT2D eigenvalue weighted by Crippen LogP contribution is -2.52. The van der Waals surface area contributed by atoms with Gasteiger partial charge in [-0.15, -0.1) is 0 Å². The van der Waals surface area contributed by atoms with Crippen LogP contribution in [0, 0.1) is 5.92 Å². The number of imide groups is 1. The zero-order chi connectivity index (χ0) is 33.3. The number of carbonyl (C=O) groups excluding carboxylic acids is 5. The van der Waals surface area contributed by atoms with Gasteiger partial charge in [0.2, 0.25) is 0 Å². The van der Waals surface area contributed by atoms with Crippen molar-refractivity contribution in [2.45, 2.75) is 64.5 Å². The van der Waals surface area contributed by atoms with Crippen molar-refractivity contribution in [2.24, 2.45) is 5.92 Å². The average molecular weight is 651 g/mol. The number of carbonyl (C=O) groups is 5. The van der Waals surface area contributed by atoms with Crippen LogP contribution in [-0.4, -0.2) is 151 Å². The van der Waals surface area contributed by atoms with Crippen LogP contribution in [0.3, 0.4) is 0 Å². The smallest absolute Gasteiger partial charge is 0.410 e. The molecule has 4 heterocycles. The summed E-state index contributed by atoms with van der Waals surface area (Å²) in [6, 6.07) is 4.59. The lowest BCUT2D eigenvalue weighted by molar-refractivity contribution is -0.132. The van der Waals surface area contributed by atoms with Gasteiger partial charge in [-0.05, 0) is 77.2 Å². The number of piperidine rings is 1. The van der Waals surface area contributed by atoms with Crippen molar-refractivity contribution in [3.05, 3.63) is 29.3 Å². The molecule has 1 atom stereocenters. The van der Waals surface area contributed by atoms with Gasteiger partial charge in [0.1, 0.15) is 11.4 Å². The highest BCUT2D eigenvalue weighted by Crippen LogP contribution is 2.32. The standard InChI is InChI=1S/C35H50N6O6/c1-35(2,3)47-34(46)40-20-14-37(15-21-40)13-12-36-10-8-25(9-11-36)24-38-16-18-39(19-17-38)26-4-6-28-29(22-26)33(45)41(32(28)44)30-7-5-27(42)23-31(30)43/h4,6,22,25,30H,5,7-21,23-24H2,1-3H3. The van der Waals surface area contributed by atoms with E-state index >= 15 is 0 Å². The first-order valence-electron chi connectivity index (χ1n) is 17.4. The Hall–Kier alpha value is -3.35. The molecule has 0 N–H and O–H groups in total. The van der Waals surface area contributed by atoms with Gasteiger partial charge in [0.15, 0.2) is 5.78 Å². The summed E-state index contributed by atoms with van der Waals surface area (Å²) in [5, 5.41) is 0. The van der Waals surface area contributed by atoms with Gasteiger partial charge in [0.05, 0.1) is 23.6 Å². The number of hydrogen-bond acceptors (Lipinski definition) is 10. The van der Waals surface area contributed by atoms with Crippen LogP contribution in [0.1, 0.15) is 73.6 Å². The van der Waals surface area contributed by atoms with Crippen LogP contribution < -0.4 is 4.90 Å². The van der Waals surface area contributed by atoms with E-state index in [4.69, 9.17) is 4.74 Å². The minimum Gasteiger partial charge on any atom is -0.444 e. The van der Waals surface area contributed by atoms with E-state index in [2.05, 4.69) is 19.6 Å². The molecule has 1 aromatic rings. The third-order valence-corrected chi connectivity index (χ3v) is 10.4. The van der Waals surface area contributed by atoms with Crippen molar-refractivity contribution in [1.29, 1.82) is 0 Å². The number of benzene rings is 1. The summed E-state index contributed by atoms with van der Waals surface area (Å²) in [7, 11) is 0. The Morgan fingerprint density at radius 2 is 1.38 bits per heavy atom. The molecule has 12 heteroatoms. The number of ether oxygens (including phenoxy) is 1. The highest BCUT2D eigenvalue weighted by molar-refractivity contribution is 6.24. The molecule has 0 radical (unpaired) electrons. The third-order valence-electron chi connectivity index (χ3n) is 10.4. The zero-order valence-electron chi connectivity index (χ0n) is 28.2. The van der Waals surface area contributed by atoms with Gasteiger partial charge < -0.3 is 19.4 Å². The molecule has 3 amide bonds. The number of hydrogen-bond donors (Lipinski definition) is 0. The predicted molar refractivity (Wildman–Crippen MR) is 177 cm³/mol. The summed E-state index contributed by atoms with van der Waals surface area (Å²) in [6.07, 6.45) is 2.44. The lowest BCUT2D eigenvalue weighted by atomic mass is 9.92. The second kappa shape index (κ2) is 14.0. The largest absolute Gasteiger partial charge is 0.444 e. The molecule has 256 valence electrons. The fourth-order valence-electron chi connectivity index (χ4n) is 7.57. The number of Topliss-reactive ketones (excluding diaryl/α,β-unsaturated/α-hetero) is 2. The molecule has 0 spiro atoms. The van der Waals surface area contributed by atoms with E-state index in [0.29, 0.717) is 17.0 Å². The molecule has 0 bridgehead atoms. The van der Waals surface area contributed by atoms with Crippen molar-refractivity contribution in [3.63, 3.8) is 0 Å². The monoisotopic (exact) mass is 650 g/mol. The van der Waals surface area contributed by atoms with Crippen LogP contribution in [0.25, 0.3) is 0 Å². The summed E-state index contributed by atoms with van der Waals surface area (Å²) >= 11 is 0. The van der Waals surface area contributed by atoms with E-state index in [9.17, 15) is 24.0 Å². The van der Waals surface area contributed by atoms with Crippen LogP contribution in [0.4, 0.5) is 10.5 Å². The topological polar surface area (TPSA) is 114 Å². The van der Waals surface area contributed by atoms with Gasteiger partial charge in [-0.1, -0.05) is 0 Å². The minimum absolute atomic E-state index is 0.130. The van der Waals surface area contributed by atoms with E-state index < -0.39 is 23.5 Å². The first-order chi connectivity index (χ1) is 22.4. The number of rotatable bonds is 7. The van der Waals surface area contributed by atoms with Crippen molar-refractivity contribution in [3.8, 4) is 0 Å². The van der Waals surface area contributed by atoms with E-state index in [1.807, 2.05) is 31.7 Å². The fraction of sp³-hybridized carbons (Fsp3) is 0.686. The Kier molecular flexibility index (Phi) is 10.0. The first-order valence-corrected chi connectivity index (χ1v) is 17.4. The Morgan fingerprint density at radius 1 is 0.766 bits per heavy atom. The van der Waals surface area contributed by atoms with E-state index in [-0.39, 0.29) is 36.9 Å². The molecule has 1 saturated carbocycles. The SMILES string of the molecule is CC(C)(C)OC(=O)N1CCN(CCN2CCC(CN3CCN(c4ccc5c(c4)C(=O)N(C4CCC(=O)CC4=O)C5=O)CC3)CC2)CC1. The third kappa shape index (κ3) is 7.87. The summed E-state index contributed by atoms with van der Waals surface area (Å²) in [6.45, 7) is 18.0. The summed E-state index contributed by atoms with van der Waals surface area (Å²) in [5.41, 5.74) is 1.16. The number of fused-ring (bicyclic) bond motifs is 1. The summed E-state index contributed by atoms with van der Waals surface area (Å²) in [5.74, 6) is -0.634. The summed E-state index contributed by atoms with van der Waals surface area (Å²) in [4.78, 5) is 75.6. The van der Waals surface area contributed by atoms with E-state index in [0.717, 1.165) is 95.7 Å². The maximum Gasteiger partial charge on any atom is 0.410 e. The van der Waals surface area contributed by atoms with Crippen LogP contribution in [0.15, 0.2) is 18.2 Å². The Labute approximate surface area is 277 Å². The number of likely N-dealkylation sites (tertiary alicyclic amines) is 1. The van der Waals surface area contributed by atoms with Gasteiger partial charge >= 0.3 is 6.09 Å². The van der Waals surface area contributed by atoms with Crippen LogP contribution in [-0.2, 0) is 14.3 Å². The Balaban J connectivity index is 0.902. The second-order valence-corrected chi connectivity index (χ2v) is 14.8. The number of nitrogens with zero attached hydrogens (tertiary/aromatic N) is 6. The van der Waals surface area contributed by atoms with Crippen molar-refractivity contribution in [2.75, 3.05) is 90.0 Å². The highest BCUT2D eigenvalue weighted by Gasteiger charge is 2.44. The molecule has 1 aromatic carbocycles. The molecule has 4 aliphatic heterocycles. The highest BCUT2D eigenvalue weighted by atomic mass is 16.6. The van der Waals surface area contributed by atoms with Gasteiger partial charge in [0, 0.05) is 84.1 Å². The maximum absolute atomic E-state index is 13.3. The van der Waals surface area contributed by atoms with Crippen LogP contribution >= 0.6 is 0 Å². The van der Waals surface area contributed by atoms with Crippen molar-refractivity contribution < 1.29 is 28.7 Å². The maximum atomic E-state index is 13.3. The fourth-order valence-corrected chi connectivity index (χ4v) is 7.57. The molecule has 5 aliphatic rings. The molecular weight excluding hydrogens is 600 g/mol. The molecule has 47 heavy (non-hydrogen) atoms. The average Bonchev–Trinajstić information content (AvgIpc) is 3.29.